The van der Waals surface area contributed by atoms with E-state index in [0.29, 0.717) is 0 Å². The first kappa shape index (κ1) is 7.68. The minimum Gasteiger partial charge on any atom is -0.361 e. The molecule has 2 heterocycles. The van der Waals surface area contributed by atoms with Gasteiger partial charge in [-0.15, -0.1) is 0 Å². The smallest absolute Gasteiger partial charge is 0.0493 e. The normalized spacial score (nSPS) is 11.6. The molecule has 0 aliphatic carbocycles. The lowest BCUT2D eigenvalue weighted by molar-refractivity contribution is 1.41. The molecule has 2 heteroatoms. The zero-order chi connectivity index (χ0) is 9.71. The third-order valence-electron chi connectivity index (χ3n) is 3.05. The molecule has 0 fully saturated rings. The first-order valence-corrected chi connectivity index (χ1v) is 4.82. The Morgan fingerprint density at radius 2 is 1.21 bits per heavy atom. The van der Waals surface area contributed by atoms with Gasteiger partial charge >= 0.3 is 0 Å². The Hall–Kier alpha value is -1.70. The summed E-state index contributed by atoms with van der Waals surface area (Å²) in [7, 11) is 0. The van der Waals surface area contributed by atoms with Gasteiger partial charge in [-0.1, -0.05) is 0 Å². The van der Waals surface area contributed by atoms with Crippen molar-refractivity contribution < 1.29 is 0 Å². The molecule has 0 aliphatic rings. The van der Waals surface area contributed by atoms with E-state index in [4.69, 9.17) is 0 Å². The molecular weight excluding hydrogens is 172 g/mol. The average Bonchev–Trinajstić information content (AvgIpc) is 2.82. The van der Waals surface area contributed by atoms with Gasteiger partial charge in [0.15, 0.2) is 0 Å². The van der Waals surface area contributed by atoms with Gasteiger partial charge in [0.1, 0.15) is 0 Å². The maximum atomic E-state index is 3.30. The molecule has 1 aromatic carbocycles. The van der Waals surface area contributed by atoms with Crippen molar-refractivity contribution in [3.05, 3.63) is 35.7 Å². The van der Waals surface area contributed by atoms with Crippen LogP contribution in [0.4, 0.5) is 0 Å². The molecule has 3 aromatic rings. The van der Waals surface area contributed by atoms with Gasteiger partial charge in [-0.05, 0) is 37.1 Å². The first-order valence-electron chi connectivity index (χ1n) is 4.82. The van der Waals surface area contributed by atoms with Crippen LogP contribution in [0.5, 0.6) is 0 Å². The SMILES string of the molecule is Cc1c2cc[nH]c2c(C)c2cc[nH]c12. The number of H-pyrrole nitrogens is 2. The number of aromatic nitrogens is 2. The number of hydrogen-bond donors (Lipinski definition) is 2. The highest BCUT2D eigenvalue weighted by molar-refractivity contribution is 6.02. The summed E-state index contributed by atoms with van der Waals surface area (Å²) in [4.78, 5) is 6.59. The molecule has 0 saturated carbocycles. The fraction of sp³-hybridized carbons (Fsp3) is 0.167. The predicted molar refractivity (Wildman–Crippen MR) is 59.6 cm³/mol. The van der Waals surface area contributed by atoms with Crippen molar-refractivity contribution in [2.24, 2.45) is 0 Å². The molecular formula is C12H12N2. The highest BCUT2D eigenvalue weighted by Crippen LogP contribution is 2.30. The van der Waals surface area contributed by atoms with Crippen LogP contribution in [0.2, 0.25) is 0 Å². The van der Waals surface area contributed by atoms with Crippen molar-refractivity contribution >= 4 is 21.8 Å². The highest BCUT2D eigenvalue weighted by Gasteiger charge is 2.09. The molecule has 0 aliphatic heterocycles. The largest absolute Gasteiger partial charge is 0.361 e. The van der Waals surface area contributed by atoms with Crippen molar-refractivity contribution in [2.45, 2.75) is 13.8 Å². The summed E-state index contributed by atoms with van der Waals surface area (Å²) in [5, 5.41) is 2.63. The van der Waals surface area contributed by atoms with Crippen molar-refractivity contribution in [2.75, 3.05) is 0 Å². The lowest BCUT2D eigenvalue weighted by Crippen LogP contribution is -1.83. The van der Waals surface area contributed by atoms with Crippen molar-refractivity contribution in [1.29, 1.82) is 0 Å². The maximum absolute atomic E-state index is 3.30. The van der Waals surface area contributed by atoms with Gasteiger partial charge in [0, 0.05) is 34.2 Å². The molecule has 2 N–H and O–H groups in total. The minimum absolute atomic E-state index is 1.26. The number of benzene rings is 1. The summed E-state index contributed by atoms with van der Waals surface area (Å²) < 4.78 is 0. The van der Waals surface area contributed by atoms with E-state index in [0.717, 1.165) is 0 Å². The first-order chi connectivity index (χ1) is 6.79. The molecule has 3 rings (SSSR count). The van der Waals surface area contributed by atoms with Crippen LogP contribution >= 0.6 is 0 Å². The van der Waals surface area contributed by atoms with Gasteiger partial charge < -0.3 is 9.97 Å². The summed E-state index contributed by atoms with van der Waals surface area (Å²) in [5.74, 6) is 0. The number of hydrogen-bond acceptors (Lipinski definition) is 0. The summed E-state index contributed by atoms with van der Waals surface area (Å²) in [6.45, 7) is 4.32. The van der Waals surface area contributed by atoms with Gasteiger partial charge in [-0.2, -0.15) is 0 Å². The van der Waals surface area contributed by atoms with Gasteiger partial charge in [0.25, 0.3) is 0 Å². The van der Waals surface area contributed by atoms with Crippen LogP contribution in [0.25, 0.3) is 21.8 Å². The quantitative estimate of drug-likeness (QED) is 0.537. The number of fused-ring (bicyclic) bond motifs is 2. The van der Waals surface area contributed by atoms with E-state index >= 15 is 0 Å². The zero-order valence-corrected chi connectivity index (χ0v) is 8.31. The van der Waals surface area contributed by atoms with E-state index in [1.165, 1.54) is 32.9 Å². The van der Waals surface area contributed by atoms with Crippen LogP contribution in [-0.2, 0) is 0 Å². The summed E-state index contributed by atoms with van der Waals surface area (Å²) in [5.41, 5.74) is 5.17. The maximum Gasteiger partial charge on any atom is 0.0493 e. The average molecular weight is 184 g/mol. The van der Waals surface area contributed by atoms with Crippen LogP contribution < -0.4 is 0 Å². The van der Waals surface area contributed by atoms with E-state index < -0.39 is 0 Å². The van der Waals surface area contributed by atoms with E-state index in [-0.39, 0.29) is 0 Å². The molecule has 2 aromatic heterocycles. The predicted octanol–water partition coefficient (Wildman–Crippen LogP) is 3.27. The van der Waals surface area contributed by atoms with E-state index in [1.807, 2.05) is 12.4 Å². The molecule has 14 heavy (non-hydrogen) atoms. The van der Waals surface area contributed by atoms with Crippen molar-refractivity contribution in [3.63, 3.8) is 0 Å². The summed E-state index contributed by atoms with van der Waals surface area (Å²) >= 11 is 0. The fourth-order valence-corrected chi connectivity index (χ4v) is 2.25. The second-order valence-corrected chi connectivity index (χ2v) is 3.78. The standard InChI is InChI=1S/C12H12N2/c1-7-9-3-5-14-12(9)8(2)10-4-6-13-11(7)10/h3-6,13-14H,1-2H3. The van der Waals surface area contributed by atoms with Crippen LogP contribution in [0, 0.1) is 13.8 Å². The number of rotatable bonds is 0. The van der Waals surface area contributed by atoms with Crippen LogP contribution in [0.1, 0.15) is 11.1 Å². The van der Waals surface area contributed by atoms with Gasteiger partial charge in [-0.3, -0.25) is 0 Å². The second-order valence-electron chi connectivity index (χ2n) is 3.78. The molecule has 0 atom stereocenters. The summed E-state index contributed by atoms with van der Waals surface area (Å²) in [6, 6.07) is 4.27. The molecule has 0 amide bonds. The minimum atomic E-state index is 1.26. The lowest BCUT2D eigenvalue weighted by atomic mass is 10.0. The van der Waals surface area contributed by atoms with Gasteiger partial charge in [-0.25, -0.2) is 0 Å². The third kappa shape index (κ3) is 0.757. The Balaban J connectivity index is 2.72. The molecule has 2 nitrogen and oxygen atoms in total. The highest BCUT2D eigenvalue weighted by atomic mass is 14.7. The van der Waals surface area contributed by atoms with Crippen molar-refractivity contribution in [1.82, 2.24) is 9.97 Å². The van der Waals surface area contributed by atoms with E-state index in [2.05, 4.69) is 35.9 Å². The molecule has 0 saturated heterocycles. The van der Waals surface area contributed by atoms with Gasteiger partial charge in [0.05, 0.1) is 0 Å². The molecule has 0 radical (unpaired) electrons. The molecule has 0 bridgehead atoms. The molecule has 0 spiro atoms. The Bertz CT molecular complexity index is 511. The zero-order valence-electron chi connectivity index (χ0n) is 8.31. The Labute approximate surface area is 81.9 Å². The second kappa shape index (κ2) is 2.41. The third-order valence-corrected chi connectivity index (χ3v) is 3.05. The molecule has 0 unspecified atom stereocenters. The van der Waals surface area contributed by atoms with Crippen LogP contribution in [-0.4, -0.2) is 9.97 Å². The Morgan fingerprint density at radius 1 is 0.786 bits per heavy atom. The van der Waals surface area contributed by atoms with Crippen LogP contribution in [0.15, 0.2) is 24.5 Å². The Kier molecular flexibility index (Phi) is 1.32. The fourth-order valence-electron chi connectivity index (χ4n) is 2.25. The number of nitrogens with one attached hydrogen (secondary N) is 2. The van der Waals surface area contributed by atoms with Gasteiger partial charge in [0.2, 0.25) is 0 Å². The topological polar surface area (TPSA) is 31.6 Å². The van der Waals surface area contributed by atoms with Crippen LogP contribution in [0.3, 0.4) is 0 Å². The molecule has 70 valence electrons. The van der Waals surface area contributed by atoms with E-state index in [1.54, 1.807) is 0 Å². The number of aromatic amines is 2. The monoisotopic (exact) mass is 184 g/mol. The van der Waals surface area contributed by atoms with E-state index in [9.17, 15) is 0 Å². The summed E-state index contributed by atoms with van der Waals surface area (Å²) in [6.07, 6.45) is 4.01. The Morgan fingerprint density at radius 3 is 1.64 bits per heavy atom. The number of aryl methyl sites for hydroxylation is 2. The lowest BCUT2D eigenvalue weighted by Gasteiger charge is -2.03. The van der Waals surface area contributed by atoms with Crippen molar-refractivity contribution in [3.8, 4) is 0 Å².